The van der Waals surface area contributed by atoms with Crippen LogP contribution in [0.5, 0.6) is 0 Å². The number of benzene rings is 2. The van der Waals surface area contributed by atoms with Crippen molar-refractivity contribution in [1.29, 1.82) is 0 Å². The van der Waals surface area contributed by atoms with Crippen molar-refractivity contribution in [1.82, 2.24) is 14.8 Å². The minimum Gasteiger partial charge on any atom is -0.291 e. The molecule has 4 rings (SSSR count). The number of rotatable bonds is 5. The van der Waals surface area contributed by atoms with Crippen molar-refractivity contribution < 1.29 is 0 Å². The molecule has 0 atom stereocenters. The standard InChI is InChI=1S/C21H19N5OS/c1-3-15-8-7-11-17(12-15)23-24-19-14(2)25-26(20(19)27)21-22-18(13-28-21)16-9-5-4-6-10-16/h4-13,25H,3H2,1-2H3. The van der Waals surface area contributed by atoms with Gasteiger partial charge in [-0.15, -0.1) is 16.5 Å². The molecule has 2 heterocycles. The van der Waals surface area contributed by atoms with Crippen LogP contribution in [0.2, 0.25) is 0 Å². The van der Waals surface area contributed by atoms with E-state index in [1.807, 2.05) is 60.0 Å². The molecule has 0 radical (unpaired) electrons. The van der Waals surface area contributed by atoms with Crippen LogP contribution in [0, 0.1) is 6.92 Å². The van der Waals surface area contributed by atoms with Crippen LogP contribution in [0.4, 0.5) is 11.4 Å². The van der Waals surface area contributed by atoms with E-state index in [4.69, 9.17) is 0 Å². The third-order valence-corrected chi connectivity index (χ3v) is 5.20. The number of azo groups is 1. The summed E-state index contributed by atoms with van der Waals surface area (Å²) in [5, 5.41) is 14.0. The number of hydrogen-bond donors (Lipinski definition) is 1. The van der Waals surface area contributed by atoms with Crippen molar-refractivity contribution in [2.75, 3.05) is 0 Å². The van der Waals surface area contributed by atoms with Gasteiger partial charge in [0.15, 0.2) is 5.69 Å². The Balaban J connectivity index is 1.66. The van der Waals surface area contributed by atoms with E-state index < -0.39 is 0 Å². The van der Waals surface area contributed by atoms with Crippen molar-refractivity contribution in [2.45, 2.75) is 20.3 Å². The fraction of sp³-hybridized carbons (Fsp3) is 0.143. The molecule has 2 aromatic carbocycles. The molecule has 28 heavy (non-hydrogen) atoms. The lowest BCUT2D eigenvalue weighted by Crippen LogP contribution is -2.13. The molecule has 6 nitrogen and oxygen atoms in total. The van der Waals surface area contributed by atoms with Gasteiger partial charge < -0.3 is 0 Å². The van der Waals surface area contributed by atoms with Crippen molar-refractivity contribution in [3.05, 3.63) is 81.6 Å². The van der Waals surface area contributed by atoms with E-state index in [9.17, 15) is 4.79 Å². The predicted octanol–water partition coefficient (Wildman–Crippen LogP) is 5.58. The number of thiazole rings is 1. The van der Waals surface area contributed by atoms with Crippen LogP contribution >= 0.6 is 11.3 Å². The second-order valence-corrected chi connectivity index (χ2v) is 7.17. The molecule has 140 valence electrons. The Morgan fingerprint density at radius 3 is 2.71 bits per heavy atom. The highest BCUT2D eigenvalue weighted by Gasteiger charge is 2.15. The minimum absolute atomic E-state index is 0.262. The summed E-state index contributed by atoms with van der Waals surface area (Å²) in [6.07, 6.45) is 0.924. The van der Waals surface area contributed by atoms with Gasteiger partial charge in [-0.1, -0.05) is 49.4 Å². The second kappa shape index (κ2) is 7.74. The summed E-state index contributed by atoms with van der Waals surface area (Å²) in [6.45, 7) is 3.89. The van der Waals surface area contributed by atoms with Crippen LogP contribution in [-0.4, -0.2) is 14.8 Å². The third kappa shape index (κ3) is 3.57. The molecular formula is C21H19N5OS. The molecule has 4 aromatic rings. The second-order valence-electron chi connectivity index (χ2n) is 6.33. The third-order valence-electron chi connectivity index (χ3n) is 4.38. The summed E-state index contributed by atoms with van der Waals surface area (Å²) in [4.78, 5) is 17.4. The summed E-state index contributed by atoms with van der Waals surface area (Å²) in [5.74, 6) is 0. The van der Waals surface area contributed by atoms with Gasteiger partial charge in [0.25, 0.3) is 0 Å². The van der Waals surface area contributed by atoms with Crippen LogP contribution in [0.15, 0.2) is 75.0 Å². The molecule has 0 fully saturated rings. The van der Waals surface area contributed by atoms with Crippen LogP contribution in [-0.2, 0) is 6.42 Å². The average molecular weight is 389 g/mol. The van der Waals surface area contributed by atoms with E-state index in [1.165, 1.54) is 21.6 Å². The van der Waals surface area contributed by atoms with Crippen LogP contribution in [0.3, 0.4) is 0 Å². The van der Waals surface area contributed by atoms with Crippen molar-refractivity contribution in [2.24, 2.45) is 10.2 Å². The Hall–Kier alpha value is -3.32. The maximum Gasteiger partial charge on any atom is 0.301 e. The Morgan fingerprint density at radius 2 is 1.93 bits per heavy atom. The van der Waals surface area contributed by atoms with Gasteiger partial charge in [0.1, 0.15) is 0 Å². The van der Waals surface area contributed by atoms with Gasteiger partial charge in [-0.3, -0.25) is 9.89 Å². The summed E-state index contributed by atoms with van der Waals surface area (Å²) in [5.41, 5.74) is 4.43. The molecule has 1 N–H and O–H groups in total. The zero-order valence-corrected chi connectivity index (χ0v) is 16.4. The van der Waals surface area contributed by atoms with Crippen LogP contribution in [0.1, 0.15) is 18.2 Å². The first kappa shape index (κ1) is 18.1. The summed E-state index contributed by atoms with van der Waals surface area (Å²) in [6, 6.07) is 17.7. The molecule has 0 unspecified atom stereocenters. The number of aromatic nitrogens is 3. The van der Waals surface area contributed by atoms with Crippen molar-refractivity contribution in [3.63, 3.8) is 0 Å². The van der Waals surface area contributed by atoms with Gasteiger partial charge in [0.2, 0.25) is 5.13 Å². The van der Waals surface area contributed by atoms with Gasteiger partial charge in [0.05, 0.1) is 17.1 Å². The molecule has 0 aliphatic rings. The Labute approximate surface area is 166 Å². The first-order valence-electron chi connectivity index (χ1n) is 8.99. The molecule has 0 amide bonds. The fourth-order valence-electron chi connectivity index (χ4n) is 2.84. The lowest BCUT2D eigenvalue weighted by atomic mass is 10.1. The molecule has 0 bridgehead atoms. The van der Waals surface area contributed by atoms with Crippen LogP contribution < -0.4 is 5.56 Å². The summed E-state index contributed by atoms with van der Waals surface area (Å²) < 4.78 is 1.42. The average Bonchev–Trinajstić information content (AvgIpc) is 3.32. The highest BCUT2D eigenvalue weighted by molar-refractivity contribution is 7.12. The van der Waals surface area contributed by atoms with E-state index in [-0.39, 0.29) is 5.56 Å². The molecule has 0 spiro atoms. The van der Waals surface area contributed by atoms with E-state index in [0.29, 0.717) is 16.5 Å². The lowest BCUT2D eigenvalue weighted by molar-refractivity contribution is 0.827. The maximum absolute atomic E-state index is 12.8. The Morgan fingerprint density at radius 1 is 1.11 bits per heavy atom. The van der Waals surface area contributed by atoms with E-state index in [0.717, 1.165) is 23.4 Å². The first-order valence-corrected chi connectivity index (χ1v) is 9.87. The van der Waals surface area contributed by atoms with Crippen molar-refractivity contribution in [3.8, 4) is 16.4 Å². The smallest absolute Gasteiger partial charge is 0.291 e. The molecule has 0 aliphatic carbocycles. The monoisotopic (exact) mass is 389 g/mol. The number of nitrogens with zero attached hydrogens (tertiary/aromatic N) is 4. The molecule has 0 aliphatic heterocycles. The maximum atomic E-state index is 12.8. The predicted molar refractivity (Wildman–Crippen MR) is 112 cm³/mol. The molecular weight excluding hydrogens is 370 g/mol. The highest BCUT2D eigenvalue weighted by atomic mass is 32.1. The van der Waals surface area contributed by atoms with Gasteiger partial charge >= 0.3 is 5.56 Å². The van der Waals surface area contributed by atoms with E-state index in [1.54, 1.807) is 6.92 Å². The SMILES string of the molecule is CCc1cccc(N=Nc2c(C)[nH]n(-c3nc(-c4ccccc4)cs3)c2=O)c1. The molecule has 2 aromatic heterocycles. The number of hydrogen-bond acceptors (Lipinski definition) is 5. The minimum atomic E-state index is -0.262. The zero-order valence-electron chi connectivity index (χ0n) is 15.6. The molecule has 0 saturated carbocycles. The Bertz CT molecular complexity index is 1190. The normalized spacial score (nSPS) is 11.4. The molecule has 7 heteroatoms. The number of nitrogens with one attached hydrogen (secondary N) is 1. The fourth-order valence-corrected chi connectivity index (χ4v) is 3.64. The zero-order chi connectivity index (χ0) is 19.5. The first-order chi connectivity index (χ1) is 13.7. The highest BCUT2D eigenvalue weighted by Crippen LogP contribution is 2.25. The quantitative estimate of drug-likeness (QED) is 0.453. The number of H-pyrrole nitrogens is 1. The molecule has 0 saturated heterocycles. The largest absolute Gasteiger partial charge is 0.301 e. The van der Waals surface area contributed by atoms with Gasteiger partial charge in [0, 0.05) is 10.9 Å². The lowest BCUT2D eigenvalue weighted by Gasteiger charge is -1.96. The topological polar surface area (TPSA) is 75.4 Å². The van der Waals surface area contributed by atoms with Gasteiger partial charge in [-0.05, 0) is 31.0 Å². The number of aryl methyl sites for hydroxylation is 2. The van der Waals surface area contributed by atoms with Gasteiger partial charge in [-0.2, -0.15) is 9.80 Å². The van der Waals surface area contributed by atoms with Crippen LogP contribution in [0.25, 0.3) is 16.4 Å². The Kier molecular flexibility index (Phi) is 4.99. The van der Waals surface area contributed by atoms with Crippen molar-refractivity contribution >= 4 is 22.7 Å². The van der Waals surface area contributed by atoms with E-state index >= 15 is 0 Å². The summed E-state index contributed by atoms with van der Waals surface area (Å²) in [7, 11) is 0. The summed E-state index contributed by atoms with van der Waals surface area (Å²) >= 11 is 1.40. The van der Waals surface area contributed by atoms with Gasteiger partial charge in [-0.25, -0.2) is 4.98 Å². The number of aromatic amines is 1. The van der Waals surface area contributed by atoms with E-state index in [2.05, 4.69) is 27.2 Å².